The lowest BCUT2D eigenvalue weighted by atomic mass is 9.96. The number of nitriles is 1. The number of aromatic nitrogens is 3. The molecular formula is C28H26N6O2S2. The number of fused-ring (bicyclic) bond motifs is 1. The third kappa shape index (κ3) is 5.51. The molecule has 2 aromatic heterocycles. The van der Waals surface area contributed by atoms with Gasteiger partial charge in [0.2, 0.25) is 0 Å². The number of rotatable bonds is 6. The van der Waals surface area contributed by atoms with Gasteiger partial charge in [-0.2, -0.15) is 5.26 Å². The van der Waals surface area contributed by atoms with Crippen LogP contribution in [0.4, 0.5) is 5.13 Å². The lowest BCUT2D eigenvalue weighted by Crippen LogP contribution is -2.45. The highest BCUT2D eigenvalue weighted by atomic mass is 32.1. The van der Waals surface area contributed by atoms with Crippen LogP contribution in [-0.4, -0.2) is 58.3 Å². The number of aryl methyl sites for hydroxylation is 1. The second kappa shape index (κ2) is 11.1. The van der Waals surface area contributed by atoms with Gasteiger partial charge in [-0.3, -0.25) is 15.0 Å². The van der Waals surface area contributed by atoms with E-state index in [9.17, 15) is 4.79 Å². The fourth-order valence-corrected chi connectivity index (χ4v) is 6.91. The molecular weight excluding hydrogens is 516 g/mol. The van der Waals surface area contributed by atoms with Crippen LogP contribution in [-0.2, 0) is 24.0 Å². The molecule has 0 bridgehead atoms. The van der Waals surface area contributed by atoms with Crippen molar-refractivity contribution in [3.63, 3.8) is 0 Å². The summed E-state index contributed by atoms with van der Waals surface area (Å²) in [5.41, 5.74) is 4.26. The molecule has 0 spiro atoms. The second-order valence-corrected chi connectivity index (χ2v) is 11.6. The van der Waals surface area contributed by atoms with E-state index in [4.69, 9.17) is 15.0 Å². The number of amides is 1. The van der Waals surface area contributed by atoms with Crippen LogP contribution in [0.25, 0.3) is 10.6 Å². The number of carbonyl (C=O) groups excluding carboxylic acids is 1. The maximum Gasteiger partial charge on any atom is 0.257 e. The molecule has 8 nitrogen and oxygen atoms in total. The number of hydrogen-bond donors (Lipinski definition) is 1. The van der Waals surface area contributed by atoms with Crippen LogP contribution in [0.1, 0.15) is 43.5 Å². The van der Waals surface area contributed by atoms with Crippen LogP contribution >= 0.6 is 22.7 Å². The average Bonchev–Trinajstić information content (AvgIpc) is 3.60. The van der Waals surface area contributed by atoms with Crippen molar-refractivity contribution in [2.75, 3.05) is 31.6 Å². The van der Waals surface area contributed by atoms with Crippen LogP contribution < -0.4 is 5.32 Å². The molecule has 0 unspecified atom stereocenters. The Bertz CT molecular complexity index is 1480. The van der Waals surface area contributed by atoms with Crippen molar-refractivity contribution in [1.82, 2.24) is 20.1 Å². The van der Waals surface area contributed by atoms with E-state index < -0.39 is 0 Å². The maximum atomic E-state index is 13.1. The fourth-order valence-electron chi connectivity index (χ4n) is 4.96. The zero-order valence-corrected chi connectivity index (χ0v) is 22.4. The predicted molar refractivity (Wildman–Crippen MR) is 148 cm³/mol. The molecule has 1 N–H and O–H groups in total. The van der Waals surface area contributed by atoms with Crippen molar-refractivity contribution in [2.45, 2.75) is 31.7 Å². The Morgan fingerprint density at radius 1 is 1.13 bits per heavy atom. The van der Waals surface area contributed by atoms with E-state index in [1.807, 2.05) is 36.4 Å². The molecule has 38 heavy (non-hydrogen) atoms. The average molecular weight is 543 g/mol. The number of ether oxygens (including phenoxy) is 1. The molecule has 4 aromatic rings. The lowest BCUT2D eigenvalue weighted by Gasteiger charge is -2.36. The van der Waals surface area contributed by atoms with E-state index in [0.717, 1.165) is 72.4 Å². The van der Waals surface area contributed by atoms with Crippen molar-refractivity contribution in [1.29, 1.82) is 5.26 Å². The number of carbonyl (C=O) groups is 1. The summed E-state index contributed by atoms with van der Waals surface area (Å²) >= 11 is 3.11. The summed E-state index contributed by atoms with van der Waals surface area (Å²) in [4.78, 5) is 21.6. The standard InChI is InChI=1S/C28H26N6O2S2/c29-17-18-4-6-20(7-5-18)27-33-32-25(38-27)15-19-2-1-3-21(14-19)26(35)31-28-30-23-9-8-22(16-24(23)37-28)34-10-12-36-13-11-34/h1-7,14,22H,8-13,15-16H2,(H,30,31,35)/t22-/m0/s1. The van der Waals surface area contributed by atoms with E-state index >= 15 is 0 Å². The minimum atomic E-state index is -0.154. The molecule has 1 fully saturated rings. The Morgan fingerprint density at radius 2 is 1.97 bits per heavy atom. The molecule has 1 atom stereocenters. The molecule has 0 radical (unpaired) electrons. The molecule has 3 heterocycles. The van der Waals surface area contributed by atoms with Gasteiger partial charge in [0.15, 0.2) is 5.13 Å². The molecule has 1 saturated heterocycles. The largest absolute Gasteiger partial charge is 0.379 e. The summed E-state index contributed by atoms with van der Waals surface area (Å²) in [5.74, 6) is -0.154. The Balaban J connectivity index is 1.10. The van der Waals surface area contributed by atoms with Gasteiger partial charge in [-0.15, -0.1) is 21.5 Å². The Hall–Kier alpha value is -3.49. The normalized spacial score (nSPS) is 17.5. The number of hydrogen-bond acceptors (Lipinski definition) is 9. The van der Waals surface area contributed by atoms with Gasteiger partial charge in [0, 0.05) is 41.6 Å². The first-order valence-electron chi connectivity index (χ1n) is 12.7. The van der Waals surface area contributed by atoms with Crippen LogP contribution in [0.3, 0.4) is 0 Å². The first kappa shape index (κ1) is 24.8. The monoisotopic (exact) mass is 542 g/mol. The smallest absolute Gasteiger partial charge is 0.257 e. The molecule has 0 saturated carbocycles. The zero-order chi connectivity index (χ0) is 25.9. The van der Waals surface area contributed by atoms with Crippen molar-refractivity contribution in [3.8, 4) is 16.6 Å². The first-order chi connectivity index (χ1) is 18.6. The highest BCUT2D eigenvalue weighted by Gasteiger charge is 2.28. The number of morpholine rings is 1. The Morgan fingerprint density at radius 3 is 2.79 bits per heavy atom. The van der Waals surface area contributed by atoms with E-state index in [1.165, 1.54) is 16.2 Å². The number of nitrogens with zero attached hydrogens (tertiary/aromatic N) is 5. The first-order valence-corrected chi connectivity index (χ1v) is 14.3. The molecule has 2 aliphatic rings. The molecule has 1 aliphatic heterocycles. The number of anilines is 1. The van der Waals surface area contributed by atoms with Gasteiger partial charge in [0.1, 0.15) is 10.0 Å². The number of thiazole rings is 1. The third-order valence-corrected chi connectivity index (χ3v) is 8.98. The summed E-state index contributed by atoms with van der Waals surface area (Å²) in [7, 11) is 0. The van der Waals surface area contributed by atoms with Gasteiger partial charge in [0.25, 0.3) is 5.91 Å². The van der Waals surface area contributed by atoms with Crippen molar-refractivity contribution >= 4 is 33.7 Å². The quantitative estimate of drug-likeness (QED) is 0.381. The summed E-state index contributed by atoms with van der Waals surface area (Å²) in [6.07, 6.45) is 3.63. The van der Waals surface area contributed by atoms with Gasteiger partial charge in [-0.05, 0) is 49.1 Å². The highest BCUT2D eigenvalue weighted by Crippen LogP contribution is 2.32. The molecule has 10 heteroatoms. The highest BCUT2D eigenvalue weighted by molar-refractivity contribution is 7.16. The van der Waals surface area contributed by atoms with Gasteiger partial charge < -0.3 is 4.74 Å². The fraction of sp³-hybridized carbons (Fsp3) is 0.321. The van der Waals surface area contributed by atoms with E-state index in [-0.39, 0.29) is 5.91 Å². The topological polar surface area (TPSA) is 104 Å². The predicted octanol–water partition coefficient (Wildman–Crippen LogP) is 4.57. The Kier molecular flexibility index (Phi) is 7.25. The minimum absolute atomic E-state index is 0.154. The summed E-state index contributed by atoms with van der Waals surface area (Å²) in [6, 6.07) is 17.6. The van der Waals surface area contributed by atoms with Crippen LogP contribution in [0.5, 0.6) is 0 Å². The van der Waals surface area contributed by atoms with Gasteiger partial charge >= 0.3 is 0 Å². The van der Waals surface area contributed by atoms with E-state index in [0.29, 0.717) is 28.7 Å². The molecule has 192 valence electrons. The van der Waals surface area contributed by atoms with Crippen LogP contribution in [0.2, 0.25) is 0 Å². The van der Waals surface area contributed by atoms with E-state index in [1.54, 1.807) is 23.5 Å². The second-order valence-electron chi connectivity index (χ2n) is 9.46. The lowest BCUT2D eigenvalue weighted by molar-refractivity contribution is 0.0139. The van der Waals surface area contributed by atoms with Gasteiger partial charge in [-0.1, -0.05) is 35.6 Å². The van der Waals surface area contributed by atoms with Crippen molar-refractivity contribution < 1.29 is 9.53 Å². The molecule has 1 aliphatic carbocycles. The van der Waals surface area contributed by atoms with E-state index in [2.05, 4.69) is 26.5 Å². The summed E-state index contributed by atoms with van der Waals surface area (Å²) in [5, 5.41) is 23.0. The number of benzene rings is 2. The zero-order valence-electron chi connectivity index (χ0n) is 20.7. The minimum Gasteiger partial charge on any atom is -0.379 e. The van der Waals surface area contributed by atoms with Gasteiger partial charge in [-0.25, -0.2) is 4.98 Å². The van der Waals surface area contributed by atoms with Crippen molar-refractivity contribution in [3.05, 3.63) is 80.8 Å². The SMILES string of the molecule is N#Cc1ccc(-c2nnc(Cc3cccc(C(=O)Nc4nc5c(s4)C[C@@H](N4CCOCC4)CC5)c3)s2)cc1. The van der Waals surface area contributed by atoms with Crippen LogP contribution in [0, 0.1) is 11.3 Å². The summed E-state index contributed by atoms with van der Waals surface area (Å²) < 4.78 is 5.50. The summed E-state index contributed by atoms with van der Waals surface area (Å²) in [6.45, 7) is 3.60. The maximum absolute atomic E-state index is 13.1. The molecule has 6 rings (SSSR count). The number of nitrogens with one attached hydrogen (secondary N) is 1. The third-order valence-electron chi connectivity index (χ3n) is 6.97. The molecule has 1 amide bonds. The molecule has 2 aromatic carbocycles. The Labute approximate surface area is 228 Å². The van der Waals surface area contributed by atoms with Crippen LogP contribution in [0.15, 0.2) is 48.5 Å². The van der Waals surface area contributed by atoms with Crippen molar-refractivity contribution in [2.24, 2.45) is 0 Å². The van der Waals surface area contributed by atoms with Gasteiger partial charge in [0.05, 0.1) is 30.5 Å².